The van der Waals surface area contributed by atoms with Crippen LogP contribution >= 0.6 is 0 Å². The molecule has 0 saturated heterocycles. The fourth-order valence-electron chi connectivity index (χ4n) is 9.67. The van der Waals surface area contributed by atoms with E-state index in [9.17, 15) is 45.4 Å². The molecule has 2 aromatic carbocycles. The number of aliphatic hydroxyl groups is 1. The Morgan fingerprint density at radius 2 is 1.72 bits per heavy atom. The van der Waals surface area contributed by atoms with Gasteiger partial charge in [-0.1, -0.05) is 29.6 Å². The summed E-state index contributed by atoms with van der Waals surface area (Å²) in [5.41, 5.74) is -2.38. The van der Waals surface area contributed by atoms with Gasteiger partial charge in [-0.2, -0.15) is 26.3 Å². The molecule has 2 aromatic rings. The van der Waals surface area contributed by atoms with Crippen molar-refractivity contribution in [1.29, 1.82) is 0 Å². The van der Waals surface area contributed by atoms with Crippen LogP contribution in [0.15, 0.2) is 47.1 Å². The zero-order chi connectivity index (χ0) is 37.6. The van der Waals surface area contributed by atoms with Crippen LogP contribution in [0.3, 0.4) is 0 Å². The van der Waals surface area contributed by atoms with Crippen molar-refractivity contribution in [1.82, 2.24) is 5.32 Å². The summed E-state index contributed by atoms with van der Waals surface area (Å²) in [6.45, 7) is 1.81. The Balaban J connectivity index is 1.11. The highest BCUT2D eigenvalue weighted by Gasteiger charge is 2.63. The standard InChI is InChI=1S/C38H38F7N3O5/c1-17-10-20-12-19(31-26-15-36(51,38(43,44)45)16-29(26)53-48-31)13-25(33(20)52-17)34(49)47-32-23-8-7-22(24(23)11-18-4-2-3-5-18)30(32)35(50)46-21-6-9-28(39)27(14-21)37(40,41)42/h6,9,11-14,17-18,22-23,26,29-30,32,51H,2-5,7-8,10,15-16H2,1H3,(H,46,50)(H,47,49)/b24-11-/t17?,22-,23+,26?,29?,30-,32+,36?/m0/s1. The van der Waals surface area contributed by atoms with Crippen LogP contribution in [0.4, 0.5) is 36.4 Å². The summed E-state index contributed by atoms with van der Waals surface area (Å²) in [4.78, 5) is 33.8. The van der Waals surface area contributed by atoms with E-state index < -0.39 is 78.0 Å². The first kappa shape index (κ1) is 35.9. The predicted octanol–water partition coefficient (Wildman–Crippen LogP) is 7.48. The molecule has 0 spiro atoms. The van der Waals surface area contributed by atoms with Crippen molar-refractivity contribution in [3.05, 3.63) is 70.1 Å². The maximum Gasteiger partial charge on any atom is 0.419 e. The number of nitrogens with one attached hydrogen (secondary N) is 2. The molecule has 2 bridgehead atoms. The van der Waals surface area contributed by atoms with Gasteiger partial charge in [-0.05, 0) is 86.8 Å². The molecule has 0 radical (unpaired) electrons. The largest absolute Gasteiger partial charge is 0.489 e. The lowest BCUT2D eigenvalue weighted by Gasteiger charge is -2.30. The second-order valence-corrected chi connectivity index (χ2v) is 15.5. The van der Waals surface area contributed by atoms with Gasteiger partial charge in [0, 0.05) is 42.0 Å². The molecule has 2 aliphatic heterocycles. The summed E-state index contributed by atoms with van der Waals surface area (Å²) >= 11 is 0. The molecule has 8 nitrogen and oxygen atoms in total. The number of ether oxygens (including phenoxy) is 1. The number of carbonyl (C=O) groups is 2. The molecule has 284 valence electrons. The van der Waals surface area contributed by atoms with Crippen LogP contribution in [0.2, 0.25) is 0 Å². The number of hydrogen-bond acceptors (Lipinski definition) is 6. The van der Waals surface area contributed by atoms with Crippen molar-refractivity contribution in [2.45, 2.75) is 101 Å². The summed E-state index contributed by atoms with van der Waals surface area (Å²) in [6.07, 6.45) is -4.40. The van der Waals surface area contributed by atoms with Crippen molar-refractivity contribution in [3.8, 4) is 5.75 Å². The highest BCUT2D eigenvalue weighted by Crippen LogP contribution is 2.54. The van der Waals surface area contributed by atoms with Crippen LogP contribution in [0, 0.1) is 35.4 Å². The number of hydrogen-bond donors (Lipinski definition) is 3. The Hall–Kier alpha value is -4.14. The zero-order valence-electron chi connectivity index (χ0n) is 28.6. The summed E-state index contributed by atoms with van der Waals surface area (Å²) in [7, 11) is 0. The van der Waals surface area contributed by atoms with E-state index in [1.165, 1.54) is 6.07 Å². The molecule has 6 aliphatic rings. The molecule has 4 saturated carbocycles. The lowest BCUT2D eigenvalue weighted by molar-refractivity contribution is -0.260. The Kier molecular flexibility index (Phi) is 8.61. The molecular weight excluding hydrogens is 711 g/mol. The van der Waals surface area contributed by atoms with Crippen LogP contribution in [-0.4, -0.2) is 52.7 Å². The molecule has 4 aliphatic carbocycles. The number of nitrogens with zero attached hydrogens (tertiary/aromatic N) is 1. The van der Waals surface area contributed by atoms with Crippen molar-refractivity contribution in [3.63, 3.8) is 0 Å². The normalized spacial score (nSPS) is 32.7. The van der Waals surface area contributed by atoms with Gasteiger partial charge in [0.25, 0.3) is 5.91 Å². The summed E-state index contributed by atoms with van der Waals surface area (Å²) in [5.74, 6) is -4.28. The number of allylic oxidation sites excluding steroid dienone is 1. The second kappa shape index (κ2) is 12.7. The lowest BCUT2D eigenvalue weighted by atomic mass is 9.83. The minimum absolute atomic E-state index is 0.0914. The van der Waals surface area contributed by atoms with Gasteiger partial charge in [0.2, 0.25) is 5.91 Å². The molecule has 15 heteroatoms. The van der Waals surface area contributed by atoms with Gasteiger partial charge in [0.05, 0.1) is 22.8 Å². The van der Waals surface area contributed by atoms with Crippen molar-refractivity contribution < 1.29 is 55.0 Å². The monoisotopic (exact) mass is 749 g/mol. The third-order valence-corrected chi connectivity index (χ3v) is 12.1. The van der Waals surface area contributed by atoms with Crippen molar-refractivity contribution in [2.75, 3.05) is 5.32 Å². The van der Waals surface area contributed by atoms with Gasteiger partial charge in [-0.3, -0.25) is 9.59 Å². The molecule has 0 aromatic heterocycles. The molecule has 4 fully saturated rings. The highest BCUT2D eigenvalue weighted by atomic mass is 19.4. The maximum absolute atomic E-state index is 14.4. The topological polar surface area (TPSA) is 109 Å². The molecule has 2 heterocycles. The van der Waals surface area contributed by atoms with Gasteiger partial charge in [0.15, 0.2) is 5.60 Å². The molecule has 2 amide bonds. The van der Waals surface area contributed by atoms with Crippen molar-refractivity contribution >= 4 is 23.2 Å². The quantitative estimate of drug-likeness (QED) is 0.210. The zero-order valence-corrected chi connectivity index (χ0v) is 28.6. The molecule has 8 atom stereocenters. The van der Waals surface area contributed by atoms with E-state index >= 15 is 0 Å². The smallest absolute Gasteiger partial charge is 0.419 e. The Morgan fingerprint density at radius 3 is 2.43 bits per heavy atom. The molecule has 8 rings (SSSR count). The number of fused-ring (bicyclic) bond motifs is 4. The van der Waals surface area contributed by atoms with E-state index in [1.807, 2.05) is 6.92 Å². The number of anilines is 1. The van der Waals surface area contributed by atoms with Gasteiger partial charge >= 0.3 is 12.4 Å². The summed E-state index contributed by atoms with van der Waals surface area (Å²) in [5, 5.41) is 20.1. The number of benzene rings is 2. The minimum Gasteiger partial charge on any atom is -0.489 e. The van der Waals surface area contributed by atoms with Crippen LogP contribution in [0.1, 0.15) is 85.3 Å². The van der Waals surface area contributed by atoms with Gasteiger partial charge < -0.3 is 25.3 Å². The minimum atomic E-state index is -4.98. The first-order valence-corrected chi connectivity index (χ1v) is 18.1. The second-order valence-electron chi connectivity index (χ2n) is 15.5. The van der Waals surface area contributed by atoms with Crippen LogP contribution < -0.4 is 15.4 Å². The number of rotatable bonds is 6. The van der Waals surface area contributed by atoms with Gasteiger partial charge in [-0.25, -0.2) is 4.39 Å². The molecule has 3 N–H and O–H groups in total. The van der Waals surface area contributed by atoms with Gasteiger partial charge in [0.1, 0.15) is 23.8 Å². The Morgan fingerprint density at radius 1 is 0.981 bits per heavy atom. The van der Waals surface area contributed by atoms with E-state index in [4.69, 9.17) is 9.57 Å². The average Bonchev–Trinajstić information content (AvgIpc) is 3.93. The number of amides is 2. The SMILES string of the molecule is CC1Cc2cc(C3=NOC4CC(O)(C(F)(F)F)CC34)cc(C(=O)N[C@H]3[C@@H](C(=O)Nc4ccc(F)c(C(F)(F)F)c4)[C@H]4CC[C@@H]3/C4=C\C3CCCC3)c2O1. The first-order valence-electron chi connectivity index (χ1n) is 18.1. The van der Waals surface area contributed by atoms with Gasteiger partial charge in [-0.15, -0.1) is 0 Å². The van der Waals surface area contributed by atoms with Crippen LogP contribution in [0.5, 0.6) is 5.75 Å². The van der Waals surface area contributed by atoms with E-state index in [2.05, 4.69) is 21.9 Å². The molecule has 4 unspecified atom stereocenters. The average molecular weight is 750 g/mol. The molecular formula is C38H38F7N3O5. The van der Waals surface area contributed by atoms with E-state index in [-0.39, 0.29) is 34.9 Å². The number of halogens is 7. The van der Waals surface area contributed by atoms with E-state index in [0.29, 0.717) is 54.2 Å². The van der Waals surface area contributed by atoms with E-state index in [0.717, 1.165) is 37.3 Å². The number of carbonyl (C=O) groups excluding carboxylic acids is 2. The predicted molar refractivity (Wildman–Crippen MR) is 176 cm³/mol. The summed E-state index contributed by atoms with van der Waals surface area (Å²) in [6, 6.07) is 4.70. The lowest BCUT2D eigenvalue weighted by Crippen LogP contribution is -2.48. The first-order chi connectivity index (χ1) is 25.0. The summed E-state index contributed by atoms with van der Waals surface area (Å²) < 4.78 is 102. The maximum atomic E-state index is 14.4. The van der Waals surface area contributed by atoms with Crippen LogP contribution in [-0.2, 0) is 22.2 Å². The highest BCUT2D eigenvalue weighted by molar-refractivity contribution is 6.07. The Labute approximate surface area is 300 Å². The fourth-order valence-corrected chi connectivity index (χ4v) is 9.67. The van der Waals surface area contributed by atoms with Crippen LogP contribution in [0.25, 0.3) is 0 Å². The van der Waals surface area contributed by atoms with Crippen molar-refractivity contribution in [2.24, 2.45) is 34.7 Å². The number of alkyl halides is 6. The third-order valence-electron chi connectivity index (χ3n) is 12.1. The Bertz CT molecular complexity index is 1900. The van der Waals surface area contributed by atoms with E-state index in [1.54, 1.807) is 6.07 Å². The molecule has 53 heavy (non-hydrogen) atoms. The fraction of sp³-hybridized carbons (Fsp3) is 0.553. The third kappa shape index (κ3) is 6.25. The number of oxime groups is 1.